The van der Waals surface area contributed by atoms with Gasteiger partial charge in [0, 0.05) is 25.2 Å². The summed E-state index contributed by atoms with van der Waals surface area (Å²) in [5, 5.41) is 61.1. The van der Waals surface area contributed by atoms with Crippen LogP contribution < -0.4 is 0 Å². The number of cyclic esters (lactones) is 1. The SMILES string of the molecule is COC1OC(CO)C(OC2OC(CO)C(C)C(O)C2O)C(O)C1OCCCc1ccc2c(c1)C(=O)OC2O. The Bertz CT molecular complexity index is 942. The Balaban J connectivity index is 1.38. The first kappa shape index (κ1) is 29.2. The summed E-state index contributed by atoms with van der Waals surface area (Å²) in [6, 6.07) is 5.07. The first-order chi connectivity index (χ1) is 18.2. The molecule has 3 aliphatic heterocycles. The van der Waals surface area contributed by atoms with Gasteiger partial charge in [0.15, 0.2) is 12.6 Å². The highest BCUT2D eigenvalue weighted by molar-refractivity contribution is 5.94. The molecular weight excluding hydrogens is 508 g/mol. The summed E-state index contributed by atoms with van der Waals surface area (Å²) in [4.78, 5) is 11.8. The van der Waals surface area contributed by atoms with Crippen LogP contribution in [-0.4, -0.2) is 119 Å². The number of fused-ring (bicyclic) bond motifs is 1. The van der Waals surface area contributed by atoms with Gasteiger partial charge in [-0.15, -0.1) is 0 Å². The molecule has 4 rings (SSSR count). The van der Waals surface area contributed by atoms with Gasteiger partial charge in [0.2, 0.25) is 6.29 Å². The monoisotopic (exact) mass is 544 g/mol. The van der Waals surface area contributed by atoms with Crippen molar-refractivity contribution in [2.24, 2.45) is 5.92 Å². The van der Waals surface area contributed by atoms with Gasteiger partial charge in [0.05, 0.1) is 31.0 Å². The van der Waals surface area contributed by atoms with Crippen molar-refractivity contribution in [2.45, 2.75) is 81.4 Å². The molecule has 13 heteroatoms. The van der Waals surface area contributed by atoms with Crippen LogP contribution in [0, 0.1) is 5.92 Å². The van der Waals surface area contributed by atoms with Crippen molar-refractivity contribution in [2.75, 3.05) is 26.9 Å². The molecule has 3 heterocycles. The molecule has 0 radical (unpaired) electrons. The summed E-state index contributed by atoms with van der Waals surface area (Å²) < 4.78 is 33.1. The lowest BCUT2D eigenvalue weighted by Gasteiger charge is -2.47. The Morgan fingerprint density at radius 2 is 1.63 bits per heavy atom. The average Bonchev–Trinajstić information content (AvgIpc) is 3.20. The molecule has 0 aromatic heterocycles. The smallest absolute Gasteiger partial charge is 0.341 e. The first-order valence-electron chi connectivity index (χ1n) is 12.6. The maximum Gasteiger partial charge on any atom is 0.341 e. The molecule has 6 N–H and O–H groups in total. The highest BCUT2D eigenvalue weighted by Gasteiger charge is 2.50. The van der Waals surface area contributed by atoms with E-state index in [2.05, 4.69) is 0 Å². The van der Waals surface area contributed by atoms with Gasteiger partial charge in [-0.2, -0.15) is 0 Å². The molecule has 1 aromatic carbocycles. The van der Waals surface area contributed by atoms with Crippen LogP contribution in [0.2, 0.25) is 0 Å². The minimum atomic E-state index is -1.47. The van der Waals surface area contributed by atoms with Crippen LogP contribution in [0.1, 0.15) is 41.1 Å². The third-order valence-electron chi connectivity index (χ3n) is 7.31. The van der Waals surface area contributed by atoms with E-state index in [0.29, 0.717) is 24.0 Å². The van der Waals surface area contributed by atoms with Crippen LogP contribution in [0.5, 0.6) is 0 Å². The fourth-order valence-electron chi connectivity index (χ4n) is 5.00. The van der Waals surface area contributed by atoms with Gasteiger partial charge in [-0.3, -0.25) is 0 Å². The van der Waals surface area contributed by atoms with E-state index in [4.69, 9.17) is 28.4 Å². The van der Waals surface area contributed by atoms with Gasteiger partial charge in [-0.25, -0.2) is 4.79 Å². The zero-order chi connectivity index (χ0) is 27.6. The number of methoxy groups -OCH3 is 1. The summed E-state index contributed by atoms with van der Waals surface area (Å²) in [6.07, 6.45) is -10.9. The molecule has 0 bridgehead atoms. The first-order valence-corrected chi connectivity index (χ1v) is 12.6. The number of carbonyl (C=O) groups excluding carboxylic acids is 1. The highest BCUT2D eigenvalue weighted by Crippen LogP contribution is 2.33. The van der Waals surface area contributed by atoms with E-state index in [1.165, 1.54) is 7.11 Å². The Kier molecular flexibility index (Phi) is 9.71. The molecule has 1 aromatic rings. The molecule has 0 saturated carbocycles. The molecular formula is C25H36O13. The Hall–Kier alpha value is -1.75. The predicted molar refractivity (Wildman–Crippen MR) is 125 cm³/mol. The summed E-state index contributed by atoms with van der Waals surface area (Å²) >= 11 is 0. The van der Waals surface area contributed by atoms with Crippen LogP contribution >= 0.6 is 0 Å². The zero-order valence-electron chi connectivity index (χ0n) is 21.2. The maximum absolute atomic E-state index is 11.8. The summed E-state index contributed by atoms with van der Waals surface area (Å²) in [7, 11) is 1.36. The molecule has 214 valence electrons. The lowest BCUT2D eigenvalue weighted by atomic mass is 9.91. The van der Waals surface area contributed by atoms with Crippen LogP contribution in [0.15, 0.2) is 18.2 Å². The van der Waals surface area contributed by atoms with Crippen molar-refractivity contribution in [3.63, 3.8) is 0 Å². The second-order valence-electron chi connectivity index (χ2n) is 9.74. The molecule has 0 aliphatic carbocycles. The lowest BCUT2D eigenvalue weighted by Crippen LogP contribution is -2.64. The van der Waals surface area contributed by atoms with Gasteiger partial charge in [-0.05, 0) is 24.5 Å². The average molecular weight is 545 g/mol. The van der Waals surface area contributed by atoms with E-state index in [9.17, 15) is 35.4 Å². The fraction of sp³-hybridized carbons (Fsp3) is 0.720. The van der Waals surface area contributed by atoms with Crippen molar-refractivity contribution >= 4 is 5.97 Å². The molecule has 13 nitrogen and oxygen atoms in total. The van der Waals surface area contributed by atoms with Crippen molar-refractivity contribution in [3.05, 3.63) is 34.9 Å². The third-order valence-corrected chi connectivity index (χ3v) is 7.31. The molecule has 0 amide bonds. The summed E-state index contributed by atoms with van der Waals surface area (Å²) in [6.45, 7) is 0.818. The molecule has 0 spiro atoms. The quantitative estimate of drug-likeness (QED) is 0.145. The van der Waals surface area contributed by atoms with E-state index in [-0.39, 0.29) is 6.61 Å². The molecule has 3 aliphatic rings. The minimum Gasteiger partial charge on any atom is -0.428 e. The van der Waals surface area contributed by atoms with Crippen molar-refractivity contribution in [1.29, 1.82) is 0 Å². The number of carbonyl (C=O) groups is 1. The van der Waals surface area contributed by atoms with Gasteiger partial charge in [0.25, 0.3) is 0 Å². The largest absolute Gasteiger partial charge is 0.428 e. The number of aryl methyl sites for hydroxylation is 1. The number of ether oxygens (including phenoxy) is 6. The molecule has 38 heavy (non-hydrogen) atoms. The van der Waals surface area contributed by atoms with Gasteiger partial charge in [-0.1, -0.05) is 19.1 Å². The number of hydrogen-bond donors (Lipinski definition) is 6. The number of rotatable bonds is 10. The molecule has 2 saturated heterocycles. The van der Waals surface area contributed by atoms with E-state index in [1.807, 2.05) is 0 Å². The van der Waals surface area contributed by atoms with E-state index < -0.39 is 86.7 Å². The Morgan fingerprint density at radius 1 is 0.921 bits per heavy atom. The van der Waals surface area contributed by atoms with E-state index in [0.717, 1.165) is 5.56 Å². The normalized spacial score (nSPS) is 39.2. The van der Waals surface area contributed by atoms with Crippen LogP contribution in [-0.2, 0) is 34.8 Å². The number of benzene rings is 1. The number of esters is 1. The van der Waals surface area contributed by atoms with Crippen LogP contribution in [0.25, 0.3) is 0 Å². The van der Waals surface area contributed by atoms with Gasteiger partial charge in [0.1, 0.15) is 30.5 Å². The van der Waals surface area contributed by atoms with Crippen molar-refractivity contribution < 1.29 is 63.9 Å². The van der Waals surface area contributed by atoms with Crippen LogP contribution in [0.3, 0.4) is 0 Å². The Morgan fingerprint density at radius 3 is 2.32 bits per heavy atom. The number of aliphatic hydroxyl groups is 6. The number of aliphatic hydroxyl groups excluding tert-OH is 6. The topological polar surface area (TPSA) is 194 Å². The second kappa shape index (κ2) is 12.6. The summed E-state index contributed by atoms with van der Waals surface area (Å²) in [5.74, 6) is -1.15. The Labute approximate surface area is 219 Å². The standard InChI is InChI=1S/C25H36O13/c1-11-15(9-26)35-24(18(29)17(11)28)37-20-16(10-27)36-25(33-2)21(19(20)30)34-7-3-4-12-5-6-13-14(8-12)23(32)38-22(13)31/h5-6,8,11,15-22,24-31H,3-4,7,9-10H2,1-2H3. The maximum atomic E-state index is 11.8. The fourth-order valence-corrected chi connectivity index (χ4v) is 5.00. The van der Waals surface area contributed by atoms with E-state index >= 15 is 0 Å². The molecule has 2 fully saturated rings. The van der Waals surface area contributed by atoms with Crippen molar-refractivity contribution in [3.8, 4) is 0 Å². The lowest BCUT2D eigenvalue weighted by molar-refractivity contribution is -0.356. The molecule has 11 unspecified atom stereocenters. The van der Waals surface area contributed by atoms with Gasteiger partial charge < -0.3 is 59.1 Å². The molecule has 11 atom stereocenters. The predicted octanol–water partition coefficient (Wildman–Crippen LogP) is -1.65. The highest BCUT2D eigenvalue weighted by atomic mass is 16.7. The minimum absolute atomic E-state index is 0.164. The van der Waals surface area contributed by atoms with Gasteiger partial charge >= 0.3 is 5.97 Å². The zero-order valence-corrected chi connectivity index (χ0v) is 21.2. The second-order valence-corrected chi connectivity index (χ2v) is 9.74. The number of hydrogen-bond acceptors (Lipinski definition) is 13. The third kappa shape index (κ3) is 5.88. The van der Waals surface area contributed by atoms with E-state index in [1.54, 1.807) is 25.1 Å². The summed E-state index contributed by atoms with van der Waals surface area (Å²) in [5.41, 5.74) is 1.57. The van der Waals surface area contributed by atoms with Crippen LogP contribution in [0.4, 0.5) is 0 Å². The van der Waals surface area contributed by atoms with Crippen molar-refractivity contribution in [1.82, 2.24) is 0 Å².